The van der Waals surface area contributed by atoms with Crippen LogP contribution < -0.4 is 0 Å². The van der Waals surface area contributed by atoms with Crippen molar-refractivity contribution in [3.8, 4) is 11.8 Å². The van der Waals surface area contributed by atoms with Crippen molar-refractivity contribution in [1.29, 1.82) is 0 Å². The summed E-state index contributed by atoms with van der Waals surface area (Å²) in [6.07, 6.45) is 12.0. The predicted molar refractivity (Wildman–Crippen MR) is 122 cm³/mol. The van der Waals surface area contributed by atoms with Gasteiger partial charge in [0.1, 0.15) is 0 Å². The molecule has 0 N–H and O–H groups in total. The van der Waals surface area contributed by atoms with Crippen molar-refractivity contribution in [2.24, 2.45) is 0 Å². The molecule has 0 atom stereocenters. The van der Waals surface area contributed by atoms with Gasteiger partial charge in [0.25, 0.3) is 0 Å². The summed E-state index contributed by atoms with van der Waals surface area (Å²) in [5.74, 6) is 6.65. The van der Waals surface area contributed by atoms with Gasteiger partial charge in [-0.05, 0) is 39.8 Å². The lowest BCUT2D eigenvalue weighted by atomic mass is 9.94. The normalized spacial score (nSPS) is 18.2. The molecule has 2 aliphatic carbocycles. The molecule has 2 rings (SSSR count). The molecule has 0 aromatic heterocycles. The highest BCUT2D eigenvalue weighted by molar-refractivity contribution is 5.78. The molecular formula is C24H42N4O2. The van der Waals surface area contributed by atoms with E-state index in [-0.39, 0.29) is 11.8 Å². The molecule has 0 aliphatic heterocycles. The molecule has 2 amide bonds. The van der Waals surface area contributed by atoms with E-state index in [2.05, 4.69) is 11.8 Å². The number of amides is 2. The number of likely N-dealkylation sites (N-methyl/N-ethyl adjacent to an activating group) is 4. The zero-order valence-corrected chi connectivity index (χ0v) is 19.7. The summed E-state index contributed by atoms with van der Waals surface area (Å²) in [5.41, 5.74) is 0. The van der Waals surface area contributed by atoms with E-state index in [1.165, 1.54) is 38.5 Å². The van der Waals surface area contributed by atoms with Crippen LogP contribution in [0.2, 0.25) is 0 Å². The van der Waals surface area contributed by atoms with Gasteiger partial charge in [0, 0.05) is 26.2 Å². The molecule has 2 saturated carbocycles. The smallest absolute Gasteiger partial charge is 0.236 e. The largest absolute Gasteiger partial charge is 0.342 e. The zero-order chi connectivity index (χ0) is 21.9. The lowest BCUT2D eigenvalue weighted by molar-refractivity contribution is -0.134. The predicted octanol–water partition coefficient (Wildman–Crippen LogP) is 2.44. The van der Waals surface area contributed by atoms with Crippen LogP contribution in [0.3, 0.4) is 0 Å². The van der Waals surface area contributed by atoms with Gasteiger partial charge in [-0.25, -0.2) is 0 Å². The van der Waals surface area contributed by atoms with Gasteiger partial charge in [-0.2, -0.15) is 0 Å². The Morgan fingerprint density at radius 3 is 1.30 bits per heavy atom. The van der Waals surface area contributed by atoms with E-state index in [0.29, 0.717) is 38.3 Å². The van der Waals surface area contributed by atoms with Crippen molar-refractivity contribution in [1.82, 2.24) is 19.6 Å². The molecule has 0 unspecified atom stereocenters. The minimum atomic E-state index is 0.180. The topological polar surface area (TPSA) is 47.1 Å². The van der Waals surface area contributed by atoms with Gasteiger partial charge in [0.05, 0.1) is 26.2 Å². The Morgan fingerprint density at radius 1 is 0.633 bits per heavy atom. The van der Waals surface area contributed by atoms with Gasteiger partial charge in [0.15, 0.2) is 0 Å². The quantitative estimate of drug-likeness (QED) is 0.568. The lowest BCUT2D eigenvalue weighted by Crippen LogP contribution is -2.43. The number of hydrogen-bond acceptors (Lipinski definition) is 4. The molecule has 170 valence electrons. The maximum Gasteiger partial charge on any atom is 0.236 e. The molecule has 6 nitrogen and oxygen atoms in total. The zero-order valence-electron chi connectivity index (χ0n) is 19.7. The first-order valence-electron chi connectivity index (χ1n) is 11.7. The van der Waals surface area contributed by atoms with Gasteiger partial charge in [-0.3, -0.25) is 19.4 Å². The van der Waals surface area contributed by atoms with Crippen molar-refractivity contribution in [2.75, 3.05) is 54.4 Å². The molecule has 2 aliphatic rings. The third kappa shape index (κ3) is 8.28. The molecule has 2 fully saturated rings. The van der Waals surface area contributed by atoms with Crippen LogP contribution in [0.15, 0.2) is 0 Å². The van der Waals surface area contributed by atoms with Crippen molar-refractivity contribution < 1.29 is 9.59 Å². The molecule has 0 bridgehead atoms. The third-order valence-electron chi connectivity index (χ3n) is 6.66. The summed E-state index contributed by atoms with van der Waals surface area (Å²) < 4.78 is 0. The maximum atomic E-state index is 12.5. The first kappa shape index (κ1) is 24.7. The molecular weight excluding hydrogens is 376 g/mol. The summed E-state index contributed by atoms with van der Waals surface area (Å²) >= 11 is 0. The van der Waals surface area contributed by atoms with Crippen LogP contribution in [0.1, 0.15) is 64.2 Å². The van der Waals surface area contributed by atoms with Crippen LogP contribution in [-0.4, -0.2) is 97.9 Å². The van der Waals surface area contributed by atoms with Gasteiger partial charge in [-0.15, -0.1) is 0 Å². The van der Waals surface area contributed by atoms with Crippen LogP contribution in [0.25, 0.3) is 0 Å². The molecule has 30 heavy (non-hydrogen) atoms. The van der Waals surface area contributed by atoms with Crippen LogP contribution in [0.4, 0.5) is 0 Å². The molecule has 0 aromatic rings. The first-order chi connectivity index (χ1) is 14.4. The number of nitrogens with zero attached hydrogens (tertiary/aromatic N) is 4. The summed E-state index contributed by atoms with van der Waals surface area (Å²) in [6.45, 7) is 1.94. The van der Waals surface area contributed by atoms with E-state index in [1.54, 1.807) is 0 Å². The maximum absolute atomic E-state index is 12.5. The van der Waals surface area contributed by atoms with E-state index in [0.717, 1.165) is 25.7 Å². The second-order valence-electron chi connectivity index (χ2n) is 9.29. The lowest BCUT2D eigenvalue weighted by Gasteiger charge is -2.32. The Hall–Kier alpha value is -1.58. The summed E-state index contributed by atoms with van der Waals surface area (Å²) in [6, 6.07) is 0.812. The fourth-order valence-corrected chi connectivity index (χ4v) is 4.52. The second kappa shape index (κ2) is 13.0. The summed E-state index contributed by atoms with van der Waals surface area (Å²) in [7, 11) is 7.75. The Bertz CT molecular complexity index is 550. The van der Waals surface area contributed by atoms with E-state index in [1.807, 2.05) is 47.8 Å². The van der Waals surface area contributed by atoms with Crippen LogP contribution in [0.5, 0.6) is 0 Å². The van der Waals surface area contributed by atoms with E-state index in [4.69, 9.17) is 0 Å². The molecule has 0 radical (unpaired) electrons. The van der Waals surface area contributed by atoms with Crippen LogP contribution in [-0.2, 0) is 9.59 Å². The number of carbonyl (C=O) groups excluding carboxylic acids is 2. The molecule has 0 saturated heterocycles. The molecule has 0 aromatic carbocycles. The van der Waals surface area contributed by atoms with Crippen molar-refractivity contribution in [2.45, 2.75) is 76.3 Å². The molecule has 0 heterocycles. The summed E-state index contributed by atoms with van der Waals surface area (Å²) in [5, 5.41) is 0. The molecule has 6 heteroatoms. The van der Waals surface area contributed by atoms with Gasteiger partial charge in [-0.1, -0.05) is 50.4 Å². The monoisotopic (exact) mass is 418 g/mol. The Kier molecular flexibility index (Phi) is 10.7. The van der Waals surface area contributed by atoms with E-state index in [9.17, 15) is 9.59 Å². The van der Waals surface area contributed by atoms with Gasteiger partial charge < -0.3 is 9.80 Å². The fraction of sp³-hybridized carbons (Fsp3) is 0.833. The molecule has 0 spiro atoms. The van der Waals surface area contributed by atoms with Gasteiger partial charge in [0.2, 0.25) is 11.8 Å². The SMILES string of the molecule is CN(CC#CCN(C)CC(=O)N(C)C1CCCCC1)CC(=O)N(C)C1CCCCC1. The Balaban J connectivity index is 1.65. The Labute approximate surface area is 183 Å². The van der Waals surface area contributed by atoms with Crippen molar-refractivity contribution in [3.63, 3.8) is 0 Å². The van der Waals surface area contributed by atoms with E-state index < -0.39 is 0 Å². The average Bonchev–Trinajstić information content (AvgIpc) is 2.76. The van der Waals surface area contributed by atoms with Crippen molar-refractivity contribution in [3.05, 3.63) is 0 Å². The average molecular weight is 419 g/mol. The standard InChI is InChI=1S/C24H42N4O2/c1-25(19-23(29)27(3)21-13-7-5-8-14-21)17-11-12-18-26(2)20-24(30)28(4)22-15-9-6-10-16-22/h21-22H,5-10,13-20H2,1-4H3. The summed E-state index contributed by atoms with van der Waals surface area (Å²) in [4.78, 5) is 32.8. The first-order valence-corrected chi connectivity index (χ1v) is 11.7. The number of rotatable bonds is 8. The highest BCUT2D eigenvalue weighted by Crippen LogP contribution is 2.22. The minimum Gasteiger partial charge on any atom is -0.342 e. The number of carbonyl (C=O) groups is 2. The van der Waals surface area contributed by atoms with Gasteiger partial charge >= 0.3 is 0 Å². The minimum absolute atomic E-state index is 0.180. The van der Waals surface area contributed by atoms with Crippen LogP contribution >= 0.6 is 0 Å². The third-order valence-corrected chi connectivity index (χ3v) is 6.66. The van der Waals surface area contributed by atoms with Crippen LogP contribution in [0, 0.1) is 11.8 Å². The Morgan fingerprint density at radius 2 is 0.967 bits per heavy atom. The van der Waals surface area contributed by atoms with E-state index >= 15 is 0 Å². The number of hydrogen-bond donors (Lipinski definition) is 0. The van der Waals surface area contributed by atoms with Crippen molar-refractivity contribution >= 4 is 11.8 Å². The second-order valence-corrected chi connectivity index (χ2v) is 9.29. The highest BCUT2D eigenvalue weighted by atomic mass is 16.2. The highest BCUT2D eigenvalue weighted by Gasteiger charge is 2.23. The fourth-order valence-electron chi connectivity index (χ4n) is 4.52.